The number of hydrogen-bond acceptors (Lipinski definition) is 3. The van der Waals surface area contributed by atoms with Gasteiger partial charge in [-0.1, -0.05) is 63.3 Å². The predicted molar refractivity (Wildman–Crippen MR) is 113 cm³/mol. The Balaban J connectivity index is 3.58. The molecule has 0 aromatic heterocycles. The van der Waals surface area contributed by atoms with E-state index in [2.05, 4.69) is 36.5 Å². The van der Waals surface area contributed by atoms with Gasteiger partial charge in [-0.15, -0.1) is 0 Å². The number of amides is 2. The van der Waals surface area contributed by atoms with E-state index >= 15 is 0 Å². The average molecular weight is 395 g/mol. The molecule has 0 aliphatic heterocycles. The number of allylic oxidation sites excluding steroid dienone is 4. The summed E-state index contributed by atoms with van der Waals surface area (Å²) in [4.78, 5) is 33.5. The fourth-order valence-electron chi connectivity index (χ4n) is 2.76. The molecule has 0 aliphatic carbocycles. The summed E-state index contributed by atoms with van der Waals surface area (Å²) in [5, 5.41) is 11.3. The zero-order valence-corrected chi connectivity index (χ0v) is 17.3. The van der Waals surface area contributed by atoms with Crippen molar-refractivity contribution in [1.29, 1.82) is 0 Å². The first-order valence-electron chi connectivity index (χ1n) is 10.6. The van der Waals surface area contributed by atoms with Crippen LogP contribution in [-0.4, -0.2) is 28.9 Å². The molecule has 0 spiro atoms. The summed E-state index contributed by atoms with van der Waals surface area (Å²) in [6, 6.07) is -1.23. The highest BCUT2D eigenvalue weighted by atomic mass is 16.4. The fraction of sp³-hybridized carbons (Fsp3) is 0.682. The average Bonchev–Trinajstić information content (AvgIpc) is 2.64. The molecule has 0 bridgehead atoms. The van der Waals surface area contributed by atoms with E-state index in [-0.39, 0.29) is 18.7 Å². The van der Waals surface area contributed by atoms with Gasteiger partial charge >= 0.3 is 5.97 Å². The zero-order valence-electron chi connectivity index (χ0n) is 17.3. The van der Waals surface area contributed by atoms with Gasteiger partial charge in [0.15, 0.2) is 0 Å². The molecule has 0 fully saturated rings. The topological polar surface area (TPSA) is 109 Å². The van der Waals surface area contributed by atoms with Crippen LogP contribution in [0.2, 0.25) is 0 Å². The third kappa shape index (κ3) is 17.3. The molecule has 0 rings (SSSR count). The third-order valence-corrected chi connectivity index (χ3v) is 4.39. The number of unbranched alkanes of at least 4 members (excludes halogenated alkanes) is 8. The van der Waals surface area contributed by atoms with E-state index in [0.717, 1.165) is 38.5 Å². The number of carboxylic acids is 1. The van der Waals surface area contributed by atoms with Crippen LogP contribution in [0.1, 0.15) is 90.4 Å². The van der Waals surface area contributed by atoms with Crippen molar-refractivity contribution < 1.29 is 19.5 Å². The molecule has 2 amide bonds. The number of rotatable bonds is 18. The van der Waals surface area contributed by atoms with E-state index in [0.29, 0.717) is 6.42 Å². The number of aliphatic carboxylic acids is 1. The van der Waals surface area contributed by atoms with Gasteiger partial charge in [0.1, 0.15) is 6.04 Å². The summed E-state index contributed by atoms with van der Waals surface area (Å²) in [5.41, 5.74) is 4.98. The van der Waals surface area contributed by atoms with Gasteiger partial charge in [-0.25, -0.2) is 4.79 Å². The highest BCUT2D eigenvalue weighted by Gasteiger charge is 2.21. The highest BCUT2D eigenvalue weighted by Crippen LogP contribution is 2.08. The van der Waals surface area contributed by atoms with Crippen molar-refractivity contribution in [3.8, 4) is 0 Å². The number of nitrogens with one attached hydrogen (secondary N) is 1. The first-order chi connectivity index (χ1) is 13.5. The number of carbonyl (C=O) groups excluding carboxylic acids is 2. The van der Waals surface area contributed by atoms with E-state index in [9.17, 15) is 14.4 Å². The molecule has 0 saturated carbocycles. The van der Waals surface area contributed by atoms with Crippen molar-refractivity contribution in [2.45, 2.75) is 96.4 Å². The van der Waals surface area contributed by atoms with Crippen molar-refractivity contribution in [2.24, 2.45) is 5.73 Å². The largest absolute Gasteiger partial charge is 0.480 e. The summed E-state index contributed by atoms with van der Waals surface area (Å²) < 4.78 is 0. The molecule has 0 aromatic carbocycles. The van der Waals surface area contributed by atoms with Crippen molar-refractivity contribution in [3.05, 3.63) is 24.3 Å². The summed E-state index contributed by atoms with van der Waals surface area (Å²) in [6.45, 7) is 2.22. The van der Waals surface area contributed by atoms with Crippen LogP contribution in [0.3, 0.4) is 0 Å². The molecule has 6 heteroatoms. The normalized spacial score (nSPS) is 12.5. The Morgan fingerprint density at radius 3 is 2.04 bits per heavy atom. The van der Waals surface area contributed by atoms with Gasteiger partial charge in [0.25, 0.3) is 0 Å². The SMILES string of the molecule is CCCCC/C=C\C/C=C\CCCCCCCC(=O)N[C@@H](CC(N)=O)C(=O)O. The second-order valence-electron chi connectivity index (χ2n) is 7.11. The van der Waals surface area contributed by atoms with Crippen LogP contribution in [0.5, 0.6) is 0 Å². The Labute approximate surface area is 169 Å². The quantitative estimate of drug-likeness (QED) is 0.238. The Hall–Kier alpha value is -2.11. The first-order valence-corrected chi connectivity index (χ1v) is 10.6. The monoisotopic (exact) mass is 394 g/mol. The molecule has 28 heavy (non-hydrogen) atoms. The van der Waals surface area contributed by atoms with Crippen LogP contribution < -0.4 is 11.1 Å². The van der Waals surface area contributed by atoms with Crippen LogP contribution in [0, 0.1) is 0 Å². The molecule has 4 N–H and O–H groups in total. The molecule has 160 valence electrons. The lowest BCUT2D eigenvalue weighted by Crippen LogP contribution is -2.43. The maximum atomic E-state index is 11.7. The smallest absolute Gasteiger partial charge is 0.326 e. The lowest BCUT2D eigenvalue weighted by molar-refractivity contribution is -0.143. The first kappa shape index (κ1) is 25.9. The van der Waals surface area contributed by atoms with E-state index in [4.69, 9.17) is 10.8 Å². The minimum Gasteiger partial charge on any atom is -0.480 e. The Morgan fingerprint density at radius 2 is 1.46 bits per heavy atom. The number of carboxylic acid groups (broad SMARTS) is 1. The zero-order chi connectivity index (χ0) is 21.0. The van der Waals surface area contributed by atoms with Gasteiger partial charge in [0.2, 0.25) is 11.8 Å². The van der Waals surface area contributed by atoms with Crippen molar-refractivity contribution in [2.75, 3.05) is 0 Å². The van der Waals surface area contributed by atoms with Crippen molar-refractivity contribution >= 4 is 17.8 Å². The van der Waals surface area contributed by atoms with Crippen molar-refractivity contribution in [3.63, 3.8) is 0 Å². The standard InChI is InChI=1S/C22H38N2O4/c1-2-3-4-5-6-7-8-9-10-11-12-13-14-15-16-17-21(26)24-19(22(27)28)18-20(23)25/h6-7,9-10,19H,2-5,8,11-18H2,1H3,(H2,23,25)(H,24,26)(H,27,28)/b7-6-,10-9-/t19-/m0/s1. The lowest BCUT2D eigenvalue weighted by atomic mass is 10.1. The minimum atomic E-state index is -1.24. The molecule has 6 nitrogen and oxygen atoms in total. The Morgan fingerprint density at radius 1 is 0.893 bits per heavy atom. The molecule has 0 unspecified atom stereocenters. The van der Waals surface area contributed by atoms with Gasteiger partial charge in [-0.3, -0.25) is 9.59 Å². The summed E-state index contributed by atoms with van der Waals surface area (Å²) >= 11 is 0. The summed E-state index contributed by atoms with van der Waals surface area (Å²) in [7, 11) is 0. The molecule has 0 aromatic rings. The lowest BCUT2D eigenvalue weighted by Gasteiger charge is -2.12. The van der Waals surface area contributed by atoms with Gasteiger partial charge in [0, 0.05) is 6.42 Å². The Kier molecular flexibility index (Phi) is 16.9. The van der Waals surface area contributed by atoms with Gasteiger partial charge in [0.05, 0.1) is 6.42 Å². The van der Waals surface area contributed by atoms with Gasteiger partial charge in [-0.2, -0.15) is 0 Å². The van der Waals surface area contributed by atoms with Gasteiger partial charge < -0.3 is 16.2 Å². The number of nitrogens with two attached hydrogens (primary N) is 1. The predicted octanol–water partition coefficient (Wildman–Crippen LogP) is 4.24. The Bertz CT molecular complexity index is 501. The second kappa shape index (κ2) is 18.3. The molecular weight excluding hydrogens is 356 g/mol. The van der Waals surface area contributed by atoms with Crippen LogP contribution in [0.4, 0.5) is 0 Å². The maximum absolute atomic E-state index is 11.7. The van der Waals surface area contributed by atoms with Crippen LogP contribution in [0.15, 0.2) is 24.3 Å². The summed E-state index contributed by atoms with van der Waals surface area (Å²) in [5.74, 6) is -2.34. The third-order valence-electron chi connectivity index (χ3n) is 4.39. The van der Waals surface area contributed by atoms with Crippen molar-refractivity contribution in [1.82, 2.24) is 5.32 Å². The molecule has 0 heterocycles. The van der Waals surface area contributed by atoms with E-state index in [1.165, 1.54) is 25.7 Å². The maximum Gasteiger partial charge on any atom is 0.326 e. The van der Waals surface area contributed by atoms with E-state index in [1.807, 2.05) is 0 Å². The number of hydrogen-bond donors (Lipinski definition) is 3. The molecule has 0 saturated heterocycles. The molecular formula is C22H38N2O4. The fourth-order valence-corrected chi connectivity index (χ4v) is 2.76. The van der Waals surface area contributed by atoms with Crippen LogP contribution in [0.25, 0.3) is 0 Å². The molecule has 0 aliphatic rings. The summed E-state index contributed by atoms with van der Waals surface area (Å²) in [6.07, 6.45) is 20.9. The second-order valence-corrected chi connectivity index (χ2v) is 7.11. The molecule has 1 atom stereocenters. The van der Waals surface area contributed by atoms with Crippen LogP contribution in [-0.2, 0) is 14.4 Å². The minimum absolute atomic E-state index is 0.271. The van der Waals surface area contributed by atoms with E-state index < -0.39 is 17.9 Å². The number of primary amides is 1. The van der Waals surface area contributed by atoms with E-state index in [1.54, 1.807) is 0 Å². The molecule has 0 radical (unpaired) electrons. The van der Waals surface area contributed by atoms with Crippen LogP contribution >= 0.6 is 0 Å². The number of carbonyl (C=O) groups is 3. The highest BCUT2D eigenvalue weighted by molar-refractivity contribution is 5.88. The van der Waals surface area contributed by atoms with Gasteiger partial charge in [-0.05, 0) is 38.5 Å².